The number of imidazole rings is 1. The van der Waals surface area contributed by atoms with Crippen molar-refractivity contribution in [2.24, 2.45) is 7.05 Å². The van der Waals surface area contributed by atoms with Gasteiger partial charge in [0.05, 0.1) is 39.3 Å². The molecular formula is C20H27N6O3+. The van der Waals surface area contributed by atoms with Crippen molar-refractivity contribution >= 4 is 17.1 Å². The number of aliphatic hydroxyl groups excluding tert-OH is 1. The normalized spacial score (nSPS) is 15.3. The van der Waals surface area contributed by atoms with Gasteiger partial charge in [0, 0.05) is 7.05 Å². The largest absolute Gasteiger partial charge is 0.391 e. The van der Waals surface area contributed by atoms with Gasteiger partial charge in [0.2, 0.25) is 5.95 Å². The summed E-state index contributed by atoms with van der Waals surface area (Å²) >= 11 is 0. The molecule has 0 bridgehead atoms. The Morgan fingerprint density at radius 1 is 1.24 bits per heavy atom. The lowest BCUT2D eigenvalue weighted by Gasteiger charge is -2.32. The first-order chi connectivity index (χ1) is 14.0. The van der Waals surface area contributed by atoms with Crippen molar-refractivity contribution in [1.29, 1.82) is 0 Å². The molecule has 1 fully saturated rings. The van der Waals surface area contributed by atoms with Crippen LogP contribution in [0.5, 0.6) is 0 Å². The summed E-state index contributed by atoms with van der Waals surface area (Å²) in [7, 11) is 1.62. The molecule has 3 N–H and O–H groups in total. The Morgan fingerprint density at radius 3 is 2.69 bits per heavy atom. The molecule has 1 aromatic carbocycles. The Kier molecular flexibility index (Phi) is 5.25. The zero-order chi connectivity index (χ0) is 20.5. The summed E-state index contributed by atoms with van der Waals surface area (Å²) in [6, 6.07) is 8.16. The van der Waals surface area contributed by atoms with Crippen LogP contribution < -0.4 is 21.0 Å². The second kappa shape index (κ2) is 7.84. The minimum Gasteiger partial charge on any atom is -0.391 e. The third-order valence-corrected chi connectivity index (χ3v) is 5.63. The van der Waals surface area contributed by atoms with E-state index in [9.17, 15) is 14.7 Å². The molecule has 3 heterocycles. The Balaban J connectivity index is 1.80. The predicted molar refractivity (Wildman–Crippen MR) is 111 cm³/mol. The predicted octanol–water partition coefficient (Wildman–Crippen LogP) is -1.52. The van der Waals surface area contributed by atoms with E-state index >= 15 is 0 Å². The molecule has 0 unspecified atom stereocenters. The van der Waals surface area contributed by atoms with E-state index in [2.05, 4.69) is 16.0 Å². The van der Waals surface area contributed by atoms with Crippen LogP contribution in [0.3, 0.4) is 0 Å². The fourth-order valence-corrected chi connectivity index (χ4v) is 4.04. The van der Waals surface area contributed by atoms with Gasteiger partial charge in [-0.1, -0.05) is 29.8 Å². The number of hydrogen-bond acceptors (Lipinski definition) is 5. The number of rotatable bonds is 5. The van der Waals surface area contributed by atoms with Crippen molar-refractivity contribution in [2.75, 3.05) is 44.2 Å². The second-order valence-electron chi connectivity index (χ2n) is 7.69. The van der Waals surface area contributed by atoms with Crippen LogP contribution in [-0.2, 0) is 13.6 Å². The number of quaternary nitrogens is 1. The molecule has 0 amide bonds. The topological polar surface area (TPSA) is 101 Å². The third-order valence-electron chi connectivity index (χ3n) is 5.63. The van der Waals surface area contributed by atoms with E-state index in [1.54, 1.807) is 7.05 Å². The molecule has 4 rings (SSSR count). The Hall–Kier alpha value is -2.91. The monoisotopic (exact) mass is 399 g/mol. The van der Waals surface area contributed by atoms with E-state index in [-0.39, 0.29) is 6.61 Å². The molecule has 3 aromatic rings. The molecule has 1 aliphatic heterocycles. The Morgan fingerprint density at radius 2 is 2.00 bits per heavy atom. The van der Waals surface area contributed by atoms with E-state index in [4.69, 9.17) is 4.98 Å². The molecule has 1 aliphatic rings. The van der Waals surface area contributed by atoms with Gasteiger partial charge in [0.25, 0.3) is 5.56 Å². The van der Waals surface area contributed by atoms with Gasteiger partial charge in [0.15, 0.2) is 11.2 Å². The first-order valence-corrected chi connectivity index (χ1v) is 9.92. The van der Waals surface area contributed by atoms with E-state index in [1.165, 1.54) is 9.47 Å². The molecule has 0 radical (unpaired) electrons. The van der Waals surface area contributed by atoms with Crippen LogP contribution in [0.25, 0.3) is 11.2 Å². The van der Waals surface area contributed by atoms with Gasteiger partial charge < -0.3 is 14.9 Å². The first-order valence-electron chi connectivity index (χ1n) is 9.92. The van der Waals surface area contributed by atoms with Crippen LogP contribution in [0.15, 0.2) is 33.9 Å². The van der Waals surface area contributed by atoms with E-state index in [0.29, 0.717) is 23.7 Å². The summed E-state index contributed by atoms with van der Waals surface area (Å²) in [5.41, 5.74) is 2.14. The minimum atomic E-state index is -0.466. The Bertz CT molecular complexity index is 1140. The summed E-state index contributed by atoms with van der Waals surface area (Å²) in [6.07, 6.45) is 0. The summed E-state index contributed by atoms with van der Waals surface area (Å²) in [4.78, 5) is 35.4. The molecule has 9 heteroatoms. The van der Waals surface area contributed by atoms with Crippen molar-refractivity contribution in [3.8, 4) is 0 Å². The standard InChI is InChI=1S/C20H26N6O3/c1-14-4-3-5-15(12-14)13-26-16-17(23(2)20(29)22-18(16)28)21-19(26)25-8-6-24(7-9-25)10-11-27/h3-5,12,27H,6-11,13H2,1-2H3,(H,22,28,29)/p+1. The number of anilines is 1. The number of H-pyrrole nitrogens is 1. The average Bonchev–Trinajstić information content (AvgIpc) is 3.07. The molecule has 154 valence electrons. The SMILES string of the molecule is Cc1cccc(Cn2c(N3CC[NH+](CCO)CC3)nc3c2c(=O)[nH]c(=O)n3C)c1. The van der Waals surface area contributed by atoms with Crippen LogP contribution in [-0.4, -0.2) is 63.5 Å². The van der Waals surface area contributed by atoms with Gasteiger partial charge in [0.1, 0.15) is 6.54 Å². The quantitative estimate of drug-likeness (QED) is 0.484. The summed E-state index contributed by atoms with van der Waals surface area (Å²) in [6.45, 7) is 6.79. The van der Waals surface area contributed by atoms with E-state index in [0.717, 1.165) is 43.9 Å². The number of nitrogens with zero attached hydrogens (tertiary/aromatic N) is 4. The number of nitrogens with one attached hydrogen (secondary N) is 2. The lowest BCUT2D eigenvalue weighted by atomic mass is 10.1. The lowest BCUT2D eigenvalue weighted by molar-refractivity contribution is -0.900. The van der Waals surface area contributed by atoms with Gasteiger partial charge in [-0.2, -0.15) is 4.98 Å². The second-order valence-corrected chi connectivity index (χ2v) is 7.69. The van der Waals surface area contributed by atoms with Gasteiger partial charge in [-0.15, -0.1) is 0 Å². The smallest absolute Gasteiger partial charge is 0.329 e. The zero-order valence-corrected chi connectivity index (χ0v) is 16.8. The minimum absolute atomic E-state index is 0.179. The number of aryl methyl sites for hydroxylation is 2. The number of benzene rings is 1. The van der Waals surface area contributed by atoms with E-state index < -0.39 is 11.2 Å². The maximum absolute atomic E-state index is 12.7. The van der Waals surface area contributed by atoms with Crippen molar-refractivity contribution < 1.29 is 10.0 Å². The van der Waals surface area contributed by atoms with Crippen molar-refractivity contribution in [3.63, 3.8) is 0 Å². The maximum Gasteiger partial charge on any atom is 0.329 e. The molecule has 9 nitrogen and oxygen atoms in total. The summed E-state index contributed by atoms with van der Waals surface area (Å²) in [5, 5.41) is 9.19. The van der Waals surface area contributed by atoms with Crippen LogP contribution in [0.1, 0.15) is 11.1 Å². The number of aliphatic hydroxyl groups is 1. The highest BCUT2D eigenvalue weighted by molar-refractivity contribution is 5.74. The molecule has 0 saturated carbocycles. The highest BCUT2D eigenvalue weighted by Crippen LogP contribution is 2.21. The van der Waals surface area contributed by atoms with Crippen LogP contribution >= 0.6 is 0 Å². The van der Waals surface area contributed by atoms with Crippen LogP contribution in [0.4, 0.5) is 5.95 Å². The van der Waals surface area contributed by atoms with E-state index in [1.807, 2.05) is 29.7 Å². The molecule has 0 aliphatic carbocycles. The molecule has 0 atom stereocenters. The first kappa shape index (κ1) is 19.4. The fourth-order valence-electron chi connectivity index (χ4n) is 4.04. The number of hydrogen-bond donors (Lipinski definition) is 3. The maximum atomic E-state index is 12.7. The van der Waals surface area contributed by atoms with Crippen LogP contribution in [0, 0.1) is 6.92 Å². The molecule has 29 heavy (non-hydrogen) atoms. The fraction of sp³-hybridized carbons (Fsp3) is 0.450. The van der Waals surface area contributed by atoms with Gasteiger partial charge >= 0.3 is 5.69 Å². The van der Waals surface area contributed by atoms with Gasteiger partial charge in [-0.25, -0.2) is 4.79 Å². The highest BCUT2D eigenvalue weighted by atomic mass is 16.3. The van der Waals surface area contributed by atoms with Gasteiger partial charge in [-0.05, 0) is 12.5 Å². The zero-order valence-electron chi connectivity index (χ0n) is 16.8. The van der Waals surface area contributed by atoms with Gasteiger partial charge in [-0.3, -0.25) is 18.9 Å². The molecule has 2 aromatic heterocycles. The summed E-state index contributed by atoms with van der Waals surface area (Å²) < 4.78 is 3.31. The van der Waals surface area contributed by atoms with Crippen molar-refractivity contribution in [2.45, 2.75) is 13.5 Å². The van der Waals surface area contributed by atoms with Crippen molar-refractivity contribution in [1.82, 2.24) is 19.1 Å². The number of piperazine rings is 1. The highest BCUT2D eigenvalue weighted by Gasteiger charge is 2.26. The number of aromatic nitrogens is 4. The number of aromatic amines is 1. The number of fused-ring (bicyclic) bond motifs is 1. The lowest BCUT2D eigenvalue weighted by Crippen LogP contribution is -3.15. The Labute approximate surface area is 167 Å². The molecular weight excluding hydrogens is 372 g/mol. The molecule has 1 saturated heterocycles. The summed E-state index contributed by atoms with van der Waals surface area (Å²) in [5.74, 6) is 0.705. The van der Waals surface area contributed by atoms with Crippen molar-refractivity contribution in [3.05, 3.63) is 56.2 Å². The third kappa shape index (κ3) is 3.70. The van der Waals surface area contributed by atoms with Crippen LogP contribution in [0.2, 0.25) is 0 Å². The average molecular weight is 399 g/mol. The molecule has 0 spiro atoms.